The molecule has 152 valence electrons. The van der Waals surface area contributed by atoms with Crippen LogP contribution < -0.4 is 10.6 Å². The van der Waals surface area contributed by atoms with E-state index in [4.69, 9.17) is 4.74 Å². The lowest BCUT2D eigenvalue weighted by molar-refractivity contribution is -0.148. The van der Waals surface area contributed by atoms with Gasteiger partial charge in [0.2, 0.25) is 11.8 Å². The largest absolute Gasteiger partial charge is 0.374 e. The van der Waals surface area contributed by atoms with E-state index in [1.54, 1.807) is 11.0 Å². The zero-order chi connectivity index (χ0) is 20.2. The van der Waals surface area contributed by atoms with E-state index >= 15 is 0 Å². The normalized spacial score (nSPS) is 23.8. The molecule has 0 unspecified atom stereocenters. The third-order valence-electron chi connectivity index (χ3n) is 5.38. The fraction of sp³-hybridized carbons (Fsp3) is 0.364. The van der Waals surface area contributed by atoms with Crippen molar-refractivity contribution in [1.29, 1.82) is 0 Å². The fourth-order valence-electron chi connectivity index (χ4n) is 3.90. The molecule has 2 aliphatic rings. The molecule has 0 radical (unpaired) electrons. The lowest BCUT2D eigenvalue weighted by Crippen LogP contribution is -2.62. The minimum Gasteiger partial charge on any atom is -0.374 e. The van der Waals surface area contributed by atoms with E-state index in [0.717, 1.165) is 11.1 Å². The number of amides is 2. The van der Waals surface area contributed by atoms with Gasteiger partial charge in [-0.1, -0.05) is 42.5 Å². The summed E-state index contributed by atoms with van der Waals surface area (Å²) < 4.78 is 19.0. The van der Waals surface area contributed by atoms with Gasteiger partial charge >= 0.3 is 0 Å². The Kier molecular flexibility index (Phi) is 5.87. The standard InChI is InChI=1S/C22H24FN3O3/c23-17-8-4-7-16(9-17)11-24-18-10-20-21(27)25-19(22(28)26(20)12-18)14-29-13-15-5-2-1-3-6-15/h1-9,18-20,24H,10-14H2,(H,25,27)/t18-,19-,20-/m0/s1. The number of carbonyl (C=O) groups is 2. The van der Waals surface area contributed by atoms with Crippen molar-refractivity contribution in [2.45, 2.75) is 37.7 Å². The molecule has 0 aromatic heterocycles. The first kappa shape index (κ1) is 19.5. The smallest absolute Gasteiger partial charge is 0.248 e. The summed E-state index contributed by atoms with van der Waals surface area (Å²) in [6.07, 6.45) is 0.546. The van der Waals surface area contributed by atoms with Crippen LogP contribution in [0.2, 0.25) is 0 Å². The zero-order valence-corrected chi connectivity index (χ0v) is 16.0. The molecule has 2 aromatic rings. The summed E-state index contributed by atoms with van der Waals surface area (Å²) in [6.45, 7) is 1.48. The first-order valence-electron chi connectivity index (χ1n) is 9.80. The highest BCUT2D eigenvalue weighted by atomic mass is 19.1. The molecule has 0 saturated carbocycles. The van der Waals surface area contributed by atoms with Crippen LogP contribution in [0.25, 0.3) is 0 Å². The Morgan fingerprint density at radius 3 is 2.69 bits per heavy atom. The summed E-state index contributed by atoms with van der Waals surface area (Å²) in [4.78, 5) is 26.9. The summed E-state index contributed by atoms with van der Waals surface area (Å²) in [5.74, 6) is -0.535. The number of hydrogen-bond acceptors (Lipinski definition) is 4. The van der Waals surface area contributed by atoms with Crippen molar-refractivity contribution in [3.63, 3.8) is 0 Å². The second-order valence-electron chi connectivity index (χ2n) is 7.51. The molecule has 6 nitrogen and oxygen atoms in total. The molecule has 2 aliphatic heterocycles. The Labute approximate surface area is 169 Å². The highest BCUT2D eigenvalue weighted by Gasteiger charge is 2.46. The van der Waals surface area contributed by atoms with E-state index in [0.29, 0.717) is 26.1 Å². The van der Waals surface area contributed by atoms with Gasteiger partial charge in [-0.25, -0.2) is 4.39 Å². The van der Waals surface area contributed by atoms with Gasteiger partial charge < -0.3 is 20.3 Å². The predicted molar refractivity (Wildman–Crippen MR) is 105 cm³/mol. The number of rotatable bonds is 7. The van der Waals surface area contributed by atoms with Crippen LogP contribution in [0.3, 0.4) is 0 Å². The number of halogens is 1. The first-order valence-corrected chi connectivity index (χ1v) is 9.80. The topological polar surface area (TPSA) is 70.7 Å². The van der Waals surface area contributed by atoms with Gasteiger partial charge in [-0.3, -0.25) is 9.59 Å². The van der Waals surface area contributed by atoms with Gasteiger partial charge in [0.05, 0.1) is 13.2 Å². The average Bonchev–Trinajstić information content (AvgIpc) is 3.16. The molecule has 0 spiro atoms. The first-order chi connectivity index (χ1) is 14.1. The van der Waals surface area contributed by atoms with Gasteiger partial charge in [-0.2, -0.15) is 0 Å². The Morgan fingerprint density at radius 1 is 1.10 bits per heavy atom. The molecule has 2 aromatic carbocycles. The molecule has 2 heterocycles. The van der Waals surface area contributed by atoms with Crippen LogP contribution in [0.4, 0.5) is 4.39 Å². The molecule has 3 atom stereocenters. The second kappa shape index (κ2) is 8.71. The number of carbonyl (C=O) groups excluding carboxylic acids is 2. The van der Waals surface area contributed by atoms with Crippen molar-refractivity contribution < 1.29 is 18.7 Å². The summed E-state index contributed by atoms with van der Waals surface area (Å²) in [5.41, 5.74) is 1.85. The third kappa shape index (κ3) is 4.63. The molecular weight excluding hydrogens is 373 g/mol. The maximum absolute atomic E-state index is 13.3. The van der Waals surface area contributed by atoms with Crippen molar-refractivity contribution >= 4 is 11.8 Å². The van der Waals surface area contributed by atoms with Crippen LogP contribution in [0.1, 0.15) is 17.5 Å². The monoisotopic (exact) mass is 397 g/mol. The minimum absolute atomic E-state index is 0.0121. The van der Waals surface area contributed by atoms with Crippen molar-refractivity contribution in [2.24, 2.45) is 0 Å². The van der Waals surface area contributed by atoms with Gasteiger partial charge in [0.25, 0.3) is 0 Å². The fourth-order valence-corrected chi connectivity index (χ4v) is 3.90. The highest BCUT2D eigenvalue weighted by molar-refractivity contribution is 5.97. The number of nitrogens with zero attached hydrogens (tertiary/aromatic N) is 1. The summed E-state index contributed by atoms with van der Waals surface area (Å²) in [7, 11) is 0. The Hall–Kier alpha value is -2.77. The van der Waals surface area contributed by atoms with E-state index in [1.165, 1.54) is 12.1 Å². The predicted octanol–water partition coefficient (Wildman–Crippen LogP) is 1.60. The van der Waals surface area contributed by atoms with Gasteiger partial charge in [0.15, 0.2) is 0 Å². The molecule has 29 heavy (non-hydrogen) atoms. The van der Waals surface area contributed by atoms with E-state index in [-0.39, 0.29) is 30.3 Å². The molecule has 7 heteroatoms. The molecule has 4 rings (SSSR count). The number of nitrogens with one attached hydrogen (secondary N) is 2. The van der Waals surface area contributed by atoms with Crippen molar-refractivity contribution in [2.75, 3.05) is 13.2 Å². The Morgan fingerprint density at radius 2 is 1.90 bits per heavy atom. The zero-order valence-electron chi connectivity index (χ0n) is 16.0. The van der Waals surface area contributed by atoms with Gasteiger partial charge in [-0.05, 0) is 29.7 Å². The van der Waals surface area contributed by atoms with Crippen LogP contribution in [-0.2, 0) is 27.5 Å². The molecule has 0 bridgehead atoms. The molecule has 0 aliphatic carbocycles. The van der Waals surface area contributed by atoms with Crippen LogP contribution in [0.5, 0.6) is 0 Å². The number of benzene rings is 2. The lowest BCUT2D eigenvalue weighted by atomic mass is 10.1. The van der Waals surface area contributed by atoms with Gasteiger partial charge in [0, 0.05) is 19.1 Å². The van der Waals surface area contributed by atoms with Crippen molar-refractivity contribution in [3.8, 4) is 0 Å². The number of hydrogen-bond donors (Lipinski definition) is 2. The Balaban J connectivity index is 1.30. The molecular formula is C22H24FN3O3. The molecule has 2 saturated heterocycles. The van der Waals surface area contributed by atoms with E-state index in [9.17, 15) is 14.0 Å². The summed E-state index contributed by atoms with van der Waals surface area (Å²) >= 11 is 0. The van der Waals surface area contributed by atoms with Crippen LogP contribution in [0, 0.1) is 5.82 Å². The SMILES string of the molecule is O=C1N[C@@H](COCc2ccccc2)C(=O)N2C[C@@H](NCc3cccc(F)c3)C[C@@H]12. The maximum atomic E-state index is 13.3. The molecule has 2 amide bonds. The number of fused-ring (bicyclic) bond motifs is 1. The lowest BCUT2D eigenvalue weighted by Gasteiger charge is -2.34. The van der Waals surface area contributed by atoms with Crippen LogP contribution in [-0.4, -0.2) is 48.0 Å². The van der Waals surface area contributed by atoms with Crippen LogP contribution >= 0.6 is 0 Å². The molecule has 2 fully saturated rings. The quantitative estimate of drug-likeness (QED) is 0.745. The minimum atomic E-state index is -0.663. The van der Waals surface area contributed by atoms with Gasteiger partial charge in [-0.15, -0.1) is 0 Å². The highest BCUT2D eigenvalue weighted by Crippen LogP contribution is 2.23. The van der Waals surface area contributed by atoms with E-state index in [2.05, 4.69) is 10.6 Å². The third-order valence-corrected chi connectivity index (χ3v) is 5.38. The second-order valence-corrected chi connectivity index (χ2v) is 7.51. The Bertz CT molecular complexity index is 877. The summed E-state index contributed by atoms with van der Waals surface area (Å²) in [5, 5.41) is 6.12. The number of piperazine rings is 1. The van der Waals surface area contributed by atoms with Crippen molar-refractivity contribution in [1.82, 2.24) is 15.5 Å². The summed E-state index contributed by atoms with van der Waals surface area (Å²) in [6, 6.07) is 15.0. The maximum Gasteiger partial charge on any atom is 0.248 e. The average molecular weight is 397 g/mol. The number of ether oxygens (including phenoxy) is 1. The van der Waals surface area contributed by atoms with Crippen molar-refractivity contribution in [3.05, 3.63) is 71.5 Å². The van der Waals surface area contributed by atoms with E-state index in [1.807, 2.05) is 36.4 Å². The van der Waals surface area contributed by atoms with Gasteiger partial charge in [0.1, 0.15) is 17.9 Å². The van der Waals surface area contributed by atoms with E-state index < -0.39 is 12.1 Å². The van der Waals surface area contributed by atoms with Crippen LogP contribution in [0.15, 0.2) is 54.6 Å². The molecule has 2 N–H and O–H groups in total.